The maximum Gasteiger partial charge on any atom is 0.160 e. The molecule has 0 unspecified atom stereocenters. The van der Waals surface area contributed by atoms with Crippen LogP contribution in [0.25, 0.3) is 99.9 Å². The minimum Gasteiger partial charge on any atom is -0.455 e. The van der Waals surface area contributed by atoms with Gasteiger partial charge in [-0.3, -0.25) is 0 Å². The predicted octanol–water partition coefficient (Wildman–Crippen LogP) is 12.4. The highest BCUT2D eigenvalue weighted by Gasteiger charge is 2.20. The van der Waals surface area contributed by atoms with Crippen molar-refractivity contribution in [2.24, 2.45) is 0 Å². The second-order valence-electron chi connectivity index (χ2n) is 12.8. The molecule has 51 heavy (non-hydrogen) atoms. The maximum atomic E-state index is 6.60. The molecule has 0 aliphatic heterocycles. The number of para-hydroxylation sites is 1. The fraction of sp³-hybridized carbons (Fsp3) is 0. The minimum atomic E-state index is 0.680. The van der Waals surface area contributed by atoms with Crippen LogP contribution in [0.2, 0.25) is 0 Å². The van der Waals surface area contributed by atoms with E-state index in [1.54, 1.807) is 0 Å². The highest BCUT2D eigenvalue weighted by molar-refractivity contribution is 6.22. The Balaban J connectivity index is 1.17. The van der Waals surface area contributed by atoms with Gasteiger partial charge >= 0.3 is 0 Å². The third kappa shape index (κ3) is 5.04. The first kappa shape index (κ1) is 29.0. The number of rotatable bonds is 5. The van der Waals surface area contributed by atoms with Gasteiger partial charge in [0.2, 0.25) is 0 Å². The first-order chi connectivity index (χ1) is 25.3. The van der Waals surface area contributed by atoms with Crippen molar-refractivity contribution in [2.75, 3.05) is 0 Å². The summed E-state index contributed by atoms with van der Waals surface area (Å²) in [5.41, 5.74) is 11.5. The monoisotopic (exact) mass is 651 g/mol. The molecule has 3 heterocycles. The molecule has 0 aliphatic rings. The lowest BCUT2D eigenvalue weighted by Crippen LogP contribution is -1.96. The van der Waals surface area contributed by atoms with Crippen LogP contribution in [0.1, 0.15) is 0 Å². The molecule has 0 saturated carbocycles. The number of benzene rings is 7. The molecule has 0 atom stereocenters. The number of hydrogen-bond donors (Lipinski definition) is 0. The summed E-state index contributed by atoms with van der Waals surface area (Å²) in [6.45, 7) is 0. The molecule has 0 N–H and O–H groups in total. The SMILES string of the molecule is c1ccc(-c2ccc(-c3cc(-c4cccc(-c5nc6c7ccccc7ccc6c6oc7ccccc7c56)c4)nc(-c4ccccc4)n3)cc2)cc1. The predicted molar refractivity (Wildman–Crippen MR) is 209 cm³/mol. The maximum absolute atomic E-state index is 6.60. The lowest BCUT2D eigenvalue weighted by Gasteiger charge is -2.12. The summed E-state index contributed by atoms with van der Waals surface area (Å²) in [4.78, 5) is 15.6. The van der Waals surface area contributed by atoms with Gasteiger partial charge in [0.1, 0.15) is 11.2 Å². The molecule has 0 bridgehead atoms. The lowest BCUT2D eigenvalue weighted by atomic mass is 9.98. The van der Waals surface area contributed by atoms with Crippen LogP contribution in [0.15, 0.2) is 180 Å². The summed E-state index contributed by atoms with van der Waals surface area (Å²) >= 11 is 0. The Bertz CT molecular complexity index is 2900. The van der Waals surface area contributed by atoms with Gasteiger partial charge in [-0.05, 0) is 40.8 Å². The highest BCUT2D eigenvalue weighted by Crippen LogP contribution is 2.42. The van der Waals surface area contributed by atoms with Gasteiger partial charge in [-0.2, -0.15) is 0 Å². The van der Waals surface area contributed by atoms with Gasteiger partial charge in [0.05, 0.1) is 28.0 Å². The summed E-state index contributed by atoms with van der Waals surface area (Å²) < 4.78 is 6.60. The first-order valence-electron chi connectivity index (χ1n) is 17.1. The normalized spacial score (nSPS) is 11.5. The average molecular weight is 652 g/mol. The van der Waals surface area contributed by atoms with Gasteiger partial charge in [0, 0.05) is 38.4 Å². The molecule has 238 valence electrons. The zero-order chi connectivity index (χ0) is 33.7. The van der Waals surface area contributed by atoms with Crippen LogP contribution < -0.4 is 0 Å². The van der Waals surface area contributed by atoms with Crippen LogP contribution in [-0.4, -0.2) is 15.0 Å². The van der Waals surface area contributed by atoms with Crippen LogP contribution >= 0.6 is 0 Å². The molecule has 0 spiro atoms. The van der Waals surface area contributed by atoms with Gasteiger partial charge in [-0.15, -0.1) is 0 Å². The lowest BCUT2D eigenvalue weighted by molar-refractivity contribution is 0.672. The van der Waals surface area contributed by atoms with Crippen molar-refractivity contribution in [3.63, 3.8) is 0 Å². The number of aromatic nitrogens is 3. The Kier molecular flexibility index (Phi) is 6.78. The van der Waals surface area contributed by atoms with Gasteiger partial charge in [0.15, 0.2) is 5.82 Å². The fourth-order valence-electron chi connectivity index (χ4n) is 7.15. The Morgan fingerprint density at radius 3 is 1.78 bits per heavy atom. The summed E-state index contributed by atoms with van der Waals surface area (Å²) in [6.07, 6.45) is 0. The first-order valence-corrected chi connectivity index (χ1v) is 17.1. The molecule has 10 aromatic rings. The zero-order valence-electron chi connectivity index (χ0n) is 27.5. The van der Waals surface area contributed by atoms with E-state index in [1.807, 2.05) is 36.4 Å². The summed E-state index contributed by atoms with van der Waals surface area (Å²) in [7, 11) is 0. The van der Waals surface area contributed by atoms with E-state index in [1.165, 1.54) is 11.1 Å². The van der Waals surface area contributed by atoms with E-state index in [9.17, 15) is 0 Å². The van der Waals surface area contributed by atoms with E-state index in [2.05, 4.69) is 140 Å². The van der Waals surface area contributed by atoms with Crippen LogP contribution in [0.3, 0.4) is 0 Å². The van der Waals surface area contributed by atoms with Crippen molar-refractivity contribution >= 4 is 43.6 Å². The van der Waals surface area contributed by atoms with Crippen molar-refractivity contribution in [1.29, 1.82) is 0 Å². The quantitative estimate of drug-likeness (QED) is 0.174. The molecule has 10 rings (SSSR count). The minimum absolute atomic E-state index is 0.680. The van der Waals surface area contributed by atoms with E-state index >= 15 is 0 Å². The van der Waals surface area contributed by atoms with Crippen molar-refractivity contribution in [3.8, 4) is 56.3 Å². The van der Waals surface area contributed by atoms with E-state index in [-0.39, 0.29) is 0 Å². The number of hydrogen-bond acceptors (Lipinski definition) is 4. The molecule has 0 fully saturated rings. The van der Waals surface area contributed by atoms with Crippen molar-refractivity contribution < 1.29 is 4.42 Å². The van der Waals surface area contributed by atoms with E-state index in [4.69, 9.17) is 19.4 Å². The molecular formula is C47H29N3O. The molecule has 3 aromatic heterocycles. The van der Waals surface area contributed by atoms with Crippen molar-refractivity contribution in [1.82, 2.24) is 15.0 Å². The number of fused-ring (bicyclic) bond motifs is 7. The van der Waals surface area contributed by atoms with E-state index in [0.29, 0.717) is 5.82 Å². The molecule has 0 aliphatic carbocycles. The number of nitrogens with zero attached hydrogens (tertiary/aromatic N) is 3. The van der Waals surface area contributed by atoms with E-state index < -0.39 is 0 Å². The average Bonchev–Trinajstić information content (AvgIpc) is 3.61. The molecule has 0 saturated heterocycles. The molecule has 7 aromatic carbocycles. The zero-order valence-corrected chi connectivity index (χ0v) is 27.5. The highest BCUT2D eigenvalue weighted by atomic mass is 16.3. The van der Waals surface area contributed by atoms with Crippen LogP contribution in [0.4, 0.5) is 0 Å². The Labute approximate surface area is 294 Å². The molecule has 4 nitrogen and oxygen atoms in total. The van der Waals surface area contributed by atoms with Gasteiger partial charge in [-0.25, -0.2) is 15.0 Å². The second kappa shape index (κ2) is 11.9. The summed E-state index contributed by atoms with van der Waals surface area (Å²) in [6, 6.07) is 60.7. The van der Waals surface area contributed by atoms with Gasteiger partial charge in [0.25, 0.3) is 0 Å². The summed E-state index contributed by atoms with van der Waals surface area (Å²) in [5.74, 6) is 0.680. The topological polar surface area (TPSA) is 51.8 Å². The van der Waals surface area contributed by atoms with Gasteiger partial charge in [-0.1, -0.05) is 152 Å². The second-order valence-corrected chi connectivity index (χ2v) is 12.8. The number of pyridine rings is 1. The molecule has 4 heteroatoms. The standard InChI is InChI=1S/C47H29N3O/c1-3-12-30(13-4-1)31-22-24-33(25-23-31)40-29-41(49-47(48-40)34-15-5-2-6-16-34)35-17-11-18-36(28-35)44-43-38-20-9-10-21-42(38)51-46(43)39-27-26-32-14-7-8-19-37(32)45(39)50-44/h1-29H. The third-order valence-electron chi connectivity index (χ3n) is 9.68. The Morgan fingerprint density at radius 1 is 0.373 bits per heavy atom. The van der Waals surface area contributed by atoms with E-state index in [0.717, 1.165) is 82.9 Å². The Hall–Kier alpha value is -6.91. The molecule has 0 amide bonds. The Morgan fingerprint density at radius 2 is 0.980 bits per heavy atom. The van der Waals surface area contributed by atoms with Crippen LogP contribution in [-0.2, 0) is 0 Å². The molecular weight excluding hydrogens is 623 g/mol. The van der Waals surface area contributed by atoms with Crippen LogP contribution in [0.5, 0.6) is 0 Å². The fourth-order valence-corrected chi connectivity index (χ4v) is 7.15. The number of furan rings is 1. The third-order valence-corrected chi connectivity index (χ3v) is 9.68. The summed E-state index contributed by atoms with van der Waals surface area (Å²) in [5, 5.41) is 5.31. The largest absolute Gasteiger partial charge is 0.455 e. The van der Waals surface area contributed by atoms with Crippen LogP contribution in [0, 0.1) is 0 Å². The smallest absolute Gasteiger partial charge is 0.160 e. The molecule has 0 radical (unpaired) electrons. The van der Waals surface area contributed by atoms with Crippen molar-refractivity contribution in [2.45, 2.75) is 0 Å². The van der Waals surface area contributed by atoms with Gasteiger partial charge < -0.3 is 4.42 Å². The van der Waals surface area contributed by atoms with Crippen molar-refractivity contribution in [3.05, 3.63) is 176 Å².